The molecule has 3 unspecified atom stereocenters. The van der Waals surface area contributed by atoms with Crippen LogP contribution < -0.4 is 0 Å². The summed E-state index contributed by atoms with van der Waals surface area (Å²) in [5.74, 6) is 1.70. The molecule has 0 amide bonds. The van der Waals surface area contributed by atoms with Crippen molar-refractivity contribution in [1.82, 2.24) is 0 Å². The van der Waals surface area contributed by atoms with Gasteiger partial charge < -0.3 is 0 Å². The Labute approximate surface area is 127 Å². The van der Waals surface area contributed by atoms with E-state index in [9.17, 15) is 4.79 Å². The second kappa shape index (κ2) is 4.83. The summed E-state index contributed by atoms with van der Waals surface area (Å²) >= 11 is 0. The highest BCUT2D eigenvalue weighted by Gasteiger charge is 2.54. The maximum Gasteiger partial charge on any atom is 0.144 e. The number of aryl methyl sites for hydroxylation is 1. The van der Waals surface area contributed by atoms with Gasteiger partial charge in [0.1, 0.15) is 5.78 Å². The van der Waals surface area contributed by atoms with Gasteiger partial charge in [-0.2, -0.15) is 0 Å². The van der Waals surface area contributed by atoms with Gasteiger partial charge in [0.15, 0.2) is 0 Å². The number of rotatable bonds is 3. The van der Waals surface area contributed by atoms with E-state index in [0.717, 1.165) is 19.3 Å². The highest BCUT2D eigenvalue weighted by atomic mass is 16.1. The second-order valence-electron chi connectivity index (χ2n) is 7.33. The zero-order valence-corrected chi connectivity index (χ0v) is 12.9. The van der Waals surface area contributed by atoms with Crippen LogP contribution in [0, 0.1) is 17.3 Å². The molecule has 3 aliphatic carbocycles. The average molecular weight is 280 g/mol. The van der Waals surface area contributed by atoms with E-state index in [2.05, 4.69) is 37.3 Å². The molecule has 0 aliphatic heterocycles. The van der Waals surface area contributed by atoms with Gasteiger partial charge in [0.2, 0.25) is 0 Å². The summed E-state index contributed by atoms with van der Waals surface area (Å²) in [5, 5.41) is 0. The summed E-state index contributed by atoms with van der Waals surface area (Å²) in [6.45, 7) is 2.23. The number of hydrogen-bond donors (Lipinski definition) is 0. The number of hydrogen-bond acceptors (Lipinski definition) is 1. The van der Waals surface area contributed by atoms with Gasteiger partial charge in [0.25, 0.3) is 0 Å². The standard InChI is InChI=1S/C20H24O/c1-2-3-4-14-5-7-16-13-20(19(21)11-17(16)9-14)12-15-6-8-18(20)10-15/h5-9,15,18H,2-4,10-13H2,1H3. The molecule has 4 rings (SSSR count). The van der Waals surface area contributed by atoms with E-state index in [1.165, 1.54) is 36.0 Å². The van der Waals surface area contributed by atoms with Gasteiger partial charge in [-0.3, -0.25) is 4.79 Å². The summed E-state index contributed by atoms with van der Waals surface area (Å²) in [7, 11) is 0. The zero-order chi connectivity index (χ0) is 14.4. The highest BCUT2D eigenvalue weighted by molar-refractivity contribution is 5.90. The van der Waals surface area contributed by atoms with E-state index < -0.39 is 0 Å². The van der Waals surface area contributed by atoms with Crippen LogP contribution in [0.1, 0.15) is 49.3 Å². The fourth-order valence-electron chi connectivity index (χ4n) is 4.82. The van der Waals surface area contributed by atoms with Gasteiger partial charge in [0, 0.05) is 11.8 Å². The third-order valence-corrected chi connectivity index (χ3v) is 6.01. The number of ketones is 1. The van der Waals surface area contributed by atoms with Crippen molar-refractivity contribution in [3.63, 3.8) is 0 Å². The molecule has 1 nitrogen and oxygen atoms in total. The van der Waals surface area contributed by atoms with E-state index in [-0.39, 0.29) is 5.41 Å². The smallest absolute Gasteiger partial charge is 0.144 e. The molecule has 0 heterocycles. The van der Waals surface area contributed by atoms with E-state index in [1.54, 1.807) is 0 Å². The Hall–Kier alpha value is -1.37. The Morgan fingerprint density at radius 3 is 2.86 bits per heavy atom. The third kappa shape index (κ3) is 2.01. The third-order valence-electron chi connectivity index (χ3n) is 6.01. The van der Waals surface area contributed by atoms with Crippen LogP contribution in [0.15, 0.2) is 30.4 Å². The van der Waals surface area contributed by atoms with Crippen molar-refractivity contribution in [3.05, 3.63) is 47.0 Å². The molecule has 1 heteroatoms. The molecule has 1 saturated carbocycles. The largest absolute Gasteiger partial charge is 0.299 e. The van der Waals surface area contributed by atoms with Gasteiger partial charge in [0.05, 0.1) is 0 Å². The lowest BCUT2D eigenvalue weighted by atomic mass is 9.63. The van der Waals surface area contributed by atoms with Crippen molar-refractivity contribution in [2.24, 2.45) is 17.3 Å². The highest BCUT2D eigenvalue weighted by Crippen LogP contribution is 2.56. The van der Waals surface area contributed by atoms with E-state index in [4.69, 9.17) is 0 Å². The fourth-order valence-corrected chi connectivity index (χ4v) is 4.82. The number of fused-ring (bicyclic) bond motifs is 4. The Kier molecular flexibility index (Phi) is 3.06. The van der Waals surface area contributed by atoms with Crippen molar-refractivity contribution in [2.45, 2.75) is 51.9 Å². The maximum atomic E-state index is 12.9. The molecule has 0 aromatic heterocycles. The molecule has 1 spiro atoms. The molecular weight excluding hydrogens is 256 g/mol. The van der Waals surface area contributed by atoms with E-state index >= 15 is 0 Å². The first kappa shape index (κ1) is 13.3. The van der Waals surface area contributed by atoms with Gasteiger partial charge in [-0.25, -0.2) is 0 Å². The molecule has 0 saturated heterocycles. The molecular formula is C20H24O. The molecule has 1 aromatic rings. The normalized spacial score (nSPS) is 32.9. The monoisotopic (exact) mass is 280 g/mol. The summed E-state index contributed by atoms with van der Waals surface area (Å²) in [4.78, 5) is 12.9. The predicted octanol–water partition coefficient (Wildman–Crippen LogP) is 4.28. The molecule has 0 N–H and O–H groups in total. The molecule has 1 fully saturated rings. The van der Waals surface area contributed by atoms with Crippen LogP contribution in [-0.4, -0.2) is 5.78 Å². The quantitative estimate of drug-likeness (QED) is 0.755. The van der Waals surface area contributed by atoms with Crippen LogP contribution in [0.2, 0.25) is 0 Å². The lowest BCUT2D eigenvalue weighted by Crippen LogP contribution is -2.41. The van der Waals surface area contributed by atoms with Crippen LogP contribution in [0.5, 0.6) is 0 Å². The summed E-state index contributed by atoms with van der Waals surface area (Å²) in [5.41, 5.74) is 4.12. The molecule has 3 atom stereocenters. The second-order valence-corrected chi connectivity index (χ2v) is 7.33. The lowest BCUT2D eigenvalue weighted by Gasteiger charge is -2.38. The molecule has 2 bridgehead atoms. The molecule has 1 aromatic carbocycles. The Bertz CT molecular complexity index is 612. The number of carbonyl (C=O) groups is 1. The average Bonchev–Trinajstić information content (AvgIpc) is 3.08. The first-order chi connectivity index (χ1) is 10.2. The number of carbonyl (C=O) groups excluding carboxylic acids is 1. The minimum absolute atomic E-state index is 0.0443. The van der Waals surface area contributed by atoms with Crippen molar-refractivity contribution < 1.29 is 4.79 Å². The Morgan fingerprint density at radius 2 is 2.14 bits per heavy atom. The predicted molar refractivity (Wildman–Crippen MR) is 85.3 cm³/mol. The van der Waals surface area contributed by atoms with Crippen molar-refractivity contribution in [3.8, 4) is 0 Å². The number of allylic oxidation sites excluding steroid dienone is 2. The van der Waals surface area contributed by atoms with E-state index in [0.29, 0.717) is 24.0 Å². The van der Waals surface area contributed by atoms with Crippen molar-refractivity contribution >= 4 is 5.78 Å². The van der Waals surface area contributed by atoms with Crippen molar-refractivity contribution in [2.75, 3.05) is 0 Å². The molecule has 21 heavy (non-hydrogen) atoms. The van der Waals surface area contributed by atoms with E-state index in [1.807, 2.05) is 0 Å². The fraction of sp³-hybridized carbons (Fsp3) is 0.550. The SMILES string of the molecule is CCCCc1ccc2c(c1)CC(=O)C1(C2)CC2C=CC1C2. The zero-order valence-electron chi connectivity index (χ0n) is 12.9. The van der Waals surface area contributed by atoms with Gasteiger partial charge >= 0.3 is 0 Å². The summed E-state index contributed by atoms with van der Waals surface area (Å²) in [6, 6.07) is 6.91. The maximum absolute atomic E-state index is 12.9. The van der Waals surface area contributed by atoms with Crippen LogP contribution >= 0.6 is 0 Å². The van der Waals surface area contributed by atoms with Crippen molar-refractivity contribution in [1.29, 1.82) is 0 Å². The van der Waals surface area contributed by atoms with Crippen LogP contribution in [0.3, 0.4) is 0 Å². The first-order valence-corrected chi connectivity index (χ1v) is 8.53. The number of benzene rings is 1. The topological polar surface area (TPSA) is 17.1 Å². The minimum Gasteiger partial charge on any atom is -0.299 e. The van der Waals surface area contributed by atoms with Crippen LogP contribution in [-0.2, 0) is 24.1 Å². The Morgan fingerprint density at radius 1 is 1.24 bits per heavy atom. The minimum atomic E-state index is -0.0443. The molecule has 110 valence electrons. The number of unbranched alkanes of at least 4 members (excludes halogenated alkanes) is 1. The Balaban J connectivity index is 1.63. The lowest BCUT2D eigenvalue weighted by molar-refractivity contribution is -0.130. The summed E-state index contributed by atoms with van der Waals surface area (Å²) in [6.07, 6.45) is 12.3. The molecule has 3 aliphatic rings. The van der Waals surface area contributed by atoms with Gasteiger partial charge in [-0.05, 0) is 60.6 Å². The van der Waals surface area contributed by atoms with Crippen LogP contribution in [0.4, 0.5) is 0 Å². The molecule has 0 radical (unpaired) electrons. The summed E-state index contributed by atoms with van der Waals surface area (Å²) < 4.78 is 0. The van der Waals surface area contributed by atoms with Gasteiger partial charge in [-0.1, -0.05) is 43.7 Å². The van der Waals surface area contributed by atoms with Gasteiger partial charge in [-0.15, -0.1) is 0 Å². The first-order valence-electron chi connectivity index (χ1n) is 8.53. The number of Topliss-reactive ketones (excluding diaryl/α,β-unsaturated/α-hetero) is 1. The van der Waals surface area contributed by atoms with Crippen LogP contribution in [0.25, 0.3) is 0 Å².